The third-order valence-electron chi connectivity index (χ3n) is 4.38. The van der Waals surface area contributed by atoms with Crippen molar-refractivity contribution in [2.45, 2.75) is 26.7 Å². The zero-order valence-electron chi connectivity index (χ0n) is 16.4. The monoisotopic (exact) mass is 367 g/mol. The van der Waals surface area contributed by atoms with E-state index >= 15 is 0 Å². The van der Waals surface area contributed by atoms with Gasteiger partial charge in [0.25, 0.3) is 0 Å². The molecule has 0 saturated carbocycles. The predicted molar refractivity (Wildman–Crippen MR) is 110 cm³/mol. The number of aryl methyl sites for hydroxylation is 3. The summed E-state index contributed by atoms with van der Waals surface area (Å²) in [7, 11) is 1.77. The highest BCUT2D eigenvalue weighted by Crippen LogP contribution is 2.19. The first kappa shape index (κ1) is 20.6. The van der Waals surface area contributed by atoms with Crippen LogP contribution in [0.5, 0.6) is 0 Å². The van der Waals surface area contributed by atoms with Gasteiger partial charge in [-0.2, -0.15) is 0 Å². The van der Waals surface area contributed by atoms with Gasteiger partial charge in [0.1, 0.15) is 0 Å². The lowest BCUT2D eigenvalue weighted by atomic mass is 10.1. The van der Waals surface area contributed by atoms with E-state index in [9.17, 15) is 9.59 Å². The summed E-state index contributed by atoms with van der Waals surface area (Å²) in [6.07, 6.45) is 1.83. The zero-order valence-corrected chi connectivity index (χ0v) is 16.4. The Balaban J connectivity index is 1.67. The minimum Gasteiger partial charge on any atom is -0.355 e. The number of likely N-dealkylation sites (N-methyl/N-ethyl adjacent to an activating group) is 1. The van der Waals surface area contributed by atoms with Crippen molar-refractivity contribution < 1.29 is 9.59 Å². The van der Waals surface area contributed by atoms with Crippen LogP contribution < -0.4 is 10.6 Å². The molecule has 0 aliphatic heterocycles. The van der Waals surface area contributed by atoms with E-state index in [1.54, 1.807) is 11.9 Å². The zero-order chi connectivity index (χ0) is 19.6. The van der Waals surface area contributed by atoms with Crippen molar-refractivity contribution in [3.8, 4) is 0 Å². The van der Waals surface area contributed by atoms with Crippen LogP contribution in [0.4, 0.5) is 5.69 Å². The van der Waals surface area contributed by atoms with Gasteiger partial charge in [-0.15, -0.1) is 0 Å². The predicted octanol–water partition coefficient (Wildman–Crippen LogP) is 2.92. The molecule has 0 aromatic heterocycles. The number of hydrogen-bond acceptors (Lipinski definition) is 3. The lowest BCUT2D eigenvalue weighted by molar-refractivity contribution is -0.122. The topological polar surface area (TPSA) is 61.4 Å². The first-order valence-electron chi connectivity index (χ1n) is 9.31. The molecule has 0 aliphatic carbocycles. The Hall–Kier alpha value is -2.66. The average molecular weight is 367 g/mol. The largest absolute Gasteiger partial charge is 0.355 e. The van der Waals surface area contributed by atoms with Crippen molar-refractivity contribution in [3.05, 3.63) is 65.2 Å². The van der Waals surface area contributed by atoms with E-state index < -0.39 is 0 Å². The van der Waals surface area contributed by atoms with E-state index in [1.165, 1.54) is 5.56 Å². The molecule has 2 rings (SSSR count). The van der Waals surface area contributed by atoms with Crippen molar-refractivity contribution in [1.82, 2.24) is 10.2 Å². The number of nitrogens with zero attached hydrogens (tertiary/aromatic N) is 1. The third-order valence-corrected chi connectivity index (χ3v) is 4.38. The molecule has 0 saturated heterocycles. The maximum atomic E-state index is 12.2. The highest BCUT2D eigenvalue weighted by atomic mass is 16.2. The molecule has 0 fully saturated rings. The van der Waals surface area contributed by atoms with Crippen molar-refractivity contribution in [2.24, 2.45) is 0 Å². The summed E-state index contributed by atoms with van der Waals surface area (Å²) < 4.78 is 0. The Bertz CT molecular complexity index is 739. The standard InChI is InChI=1S/C22H29N3O2/c1-17-9-7-10-18(2)22(17)24-21(27)16-25(3)15-20(26)23-14-8-13-19-11-5-4-6-12-19/h4-7,9-12H,8,13-16H2,1-3H3,(H,23,26)(H,24,27). The Morgan fingerprint density at radius 3 is 2.19 bits per heavy atom. The Kier molecular flexibility index (Phi) is 8.01. The number of hydrogen-bond donors (Lipinski definition) is 2. The molecule has 27 heavy (non-hydrogen) atoms. The molecule has 5 nitrogen and oxygen atoms in total. The van der Waals surface area contributed by atoms with Crippen LogP contribution in [0, 0.1) is 13.8 Å². The third kappa shape index (κ3) is 7.23. The summed E-state index contributed by atoms with van der Waals surface area (Å²) in [6, 6.07) is 16.1. The molecule has 0 unspecified atom stereocenters. The minimum absolute atomic E-state index is 0.0644. The molecular formula is C22H29N3O2. The normalized spacial score (nSPS) is 10.7. The second-order valence-electron chi connectivity index (χ2n) is 6.93. The number of carbonyl (C=O) groups is 2. The fourth-order valence-corrected chi connectivity index (χ4v) is 2.96. The van der Waals surface area contributed by atoms with Gasteiger partial charge < -0.3 is 10.6 Å². The summed E-state index contributed by atoms with van der Waals surface area (Å²) >= 11 is 0. The van der Waals surface area contributed by atoms with Gasteiger partial charge in [0.15, 0.2) is 0 Å². The number of rotatable bonds is 9. The summed E-state index contributed by atoms with van der Waals surface area (Å²) in [6.45, 7) is 4.94. The lowest BCUT2D eigenvalue weighted by Crippen LogP contribution is -2.39. The van der Waals surface area contributed by atoms with Crippen LogP contribution in [-0.2, 0) is 16.0 Å². The second-order valence-corrected chi connectivity index (χ2v) is 6.93. The maximum absolute atomic E-state index is 12.2. The van der Waals surface area contributed by atoms with E-state index in [1.807, 2.05) is 50.2 Å². The molecule has 5 heteroatoms. The number of amides is 2. The Morgan fingerprint density at radius 2 is 1.52 bits per heavy atom. The van der Waals surface area contributed by atoms with Gasteiger partial charge in [0.2, 0.25) is 11.8 Å². The Labute approximate surface area is 161 Å². The van der Waals surface area contributed by atoms with E-state index in [2.05, 4.69) is 22.8 Å². The summed E-state index contributed by atoms with van der Waals surface area (Å²) in [5, 5.41) is 5.85. The summed E-state index contributed by atoms with van der Waals surface area (Å²) in [5.74, 6) is -0.183. The van der Waals surface area contributed by atoms with Crippen molar-refractivity contribution in [3.63, 3.8) is 0 Å². The van der Waals surface area contributed by atoms with Gasteiger partial charge in [-0.1, -0.05) is 48.5 Å². The molecule has 0 radical (unpaired) electrons. The van der Waals surface area contributed by atoms with Gasteiger partial charge in [-0.3, -0.25) is 14.5 Å². The summed E-state index contributed by atoms with van der Waals surface area (Å²) in [4.78, 5) is 26.0. The van der Waals surface area contributed by atoms with Crippen molar-refractivity contribution in [2.75, 3.05) is 32.0 Å². The molecule has 2 N–H and O–H groups in total. The quantitative estimate of drug-likeness (QED) is 0.670. The van der Waals surface area contributed by atoms with Crippen LogP contribution in [0.15, 0.2) is 48.5 Å². The number of benzene rings is 2. The fourth-order valence-electron chi connectivity index (χ4n) is 2.96. The van der Waals surface area contributed by atoms with Crippen LogP contribution in [0.1, 0.15) is 23.1 Å². The second kappa shape index (κ2) is 10.5. The SMILES string of the molecule is Cc1cccc(C)c1NC(=O)CN(C)CC(=O)NCCCc1ccccc1. The molecule has 0 spiro atoms. The molecule has 2 aromatic rings. The number of para-hydroxylation sites is 1. The number of nitrogens with one attached hydrogen (secondary N) is 2. The van der Waals surface area contributed by atoms with Gasteiger partial charge in [-0.25, -0.2) is 0 Å². The maximum Gasteiger partial charge on any atom is 0.238 e. The molecule has 0 atom stereocenters. The first-order chi connectivity index (χ1) is 13.0. The van der Waals surface area contributed by atoms with E-state index in [0.717, 1.165) is 29.7 Å². The molecule has 0 bridgehead atoms. The van der Waals surface area contributed by atoms with Crippen molar-refractivity contribution in [1.29, 1.82) is 0 Å². The van der Waals surface area contributed by atoms with Crippen LogP contribution in [0.3, 0.4) is 0 Å². The highest BCUT2D eigenvalue weighted by Gasteiger charge is 2.12. The van der Waals surface area contributed by atoms with Crippen LogP contribution in [-0.4, -0.2) is 43.4 Å². The highest BCUT2D eigenvalue weighted by molar-refractivity contribution is 5.94. The van der Waals surface area contributed by atoms with Gasteiger partial charge in [0, 0.05) is 12.2 Å². The first-order valence-corrected chi connectivity index (χ1v) is 9.31. The molecule has 0 aliphatic rings. The lowest BCUT2D eigenvalue weighted by Gasteiger charge is -2.17. The van der Waals surface area contributed by atoms with Gasteiger partial charge in [0.05, 0.1) is 13.1 Å². The van der Waals surface area contributed by atoms with Crippen molar-refractivity contribution >= 4 is 17.5 Å². The molecular weight excluding hydrogens is 338 g/mol. The smallest absolute Gasteiger partial charge is 0.238 e. The van der Waals surface area contributed by atoms with E-state index in [4.69, 9.17) is 0 Å². The van der Waals surface area contributed by atoms with Crippen LogP contribution in [0.2, 0.25) is 0 Å². The molecule has 144 valence electrons. The van der Waals surface area contributed by atoms with Crippen LogP contribution in [0.25, 0.3) is 0 Å². The van der Waals surface area contributed by atoms with Crippen LogP contribution >= 0.6 is 0 Å². The van der Waals surface area contributed by atoms with E-state index in [-0.39, 0.29) is 24.9 Å². The minimum atomic E-state index is -0.119. The summed E-state index contributed by atoms with van der Waals surface area (Å²) in [5.41, 5.74) is 4.18. The van der Waals surface area contributed by atoms with Gasteiger partial charge >= 0.3 is 0 Å². The van der Waals surface area contributed by atoms with E-state index in [0.29, 0.717) is 6.54 Å². The molecule has 2 amide bonds. The average Bonchev–Trinajstić information content (AvgIpc) is 2.63. The fraction of sp³-hybridized carbons (Fsp3) is 0.364. The Morgan fingerprint density at radius 1 is 0.889 bits per heavy atom. The number of carbonyl (C=O) groups excluding carboxylic acids is 2. The number of anilines is 1. The molecule has 2 aromatic carbocycles. The molecule has 0 heterocycles. The van der Waals surface area contributed by atoms with Gasteiger partial charge in [-0.05, 0) is 50.4 Å².